The van der Waals surface area contributed by atoms with Crippen molar-refractivity contribution in [3.8, 4) is 0 Å². The highest BCUT2D eigenvalue weighted by Gasteiger charge is 2.16. The number of hydrogen-bond acceptors (Lipinski definition) is 1. The summed E-state index contributed by atoms with van der Waals surface area (Å²) in [7, 11) is 0. The van der Waals surface area contributed by atoms with E-state index in [-0.39, 0.29) is 5.38 Å². The molecule has 0 amide bonds. The van der Waals surface area contributed by atoms with Gasteiger partial charge >= 0.3 is 0 Å². The zero-order valence-electron chi connectivity index (χ0n) is 11.0. The number of rotatable bonds is 2. The predicted molar refractivity (Wildman–Crippen MR) is 85.4 cm³/mol. The van der Waals surface area contributed by atoms with Gasteiger partial charge in [0.2, 0.25) is 0 Å². The minimum atomic E-state index is -0.0525. The van der Waals surface area contributed by atoms with Gasteiger partial charge in [0.15, 0.2) is 0 Å². The zero-order chi connectivity index (χ0) is 13.4. The van der Waals surface area contributed by atoms with Crippen molar-refractivity contribution in [2.75, 3.05) is 0 Å². The first-order valence-corrected chi connectivity index (χ1v) is 7.60. The molecule has 0 aliphatic carbocycles. The first-order chi connectivity index (χ1) is 9.15. The highest BCUT2D eigenvalue weighted by atomic mass is 35.5. The van der Waals surface area contributed by atoms with Gasteiger partial charge in [-0.3, -0.25) is 0 Å². The molecule has 3 aromatic rings. The lowest BCUT2D eigenvalue weighted by atomic mass is 10.0. The molecule has 0 aliphatic heterocycles. The first-order valence-electron chi connectivity index (χ1n) is 6.35. The average Bonchev–Trinajstić information content (AvgIpc) is 2.76. The summed E-state index contributed by atoms with van der Waals surface area (Å²) in [4.78, 5) is 2.58. The molecule has 0 bridgehead atoms. The number of benzene rings is 2. The lowest BCUT2D eigenvalue weighted by Gasteiger charge is -2.10. The Balaban J connectivity index is 2.06. The SMILES string of the molecule is Cc1cc(C)c(C(Cl)c2ccc3ccccc3c2)s1. The van der Waals surface area contributed by atoms with E-state index in [1.165, 1.54) is 31.7 Å². The maximum absolute atomic E-state index is 6.66. The largest absolute Gasteiger partial charge is 0.143 e. The van der Waals surface area contributed by atoms with Crippen LogP contribution in [0.1, 0.15) is 26.3 Å². The van der Waals surface area contributed by atoms with E-state index in [4.69, 9.17) is 11.6 Å². The molecule has 1 atom stereocenters. The molecule has 0 N–H and O–H groups in total. The third kappa shape index (κ3) is 2.41. The molecule has 0 nitrogen and oxygen atoms in total. The van der Waals surface area contributed by atoms with Crippen LogP contribution >= 0.6 is 22.9 Å². The summed E-state index contributed by atoms with van der Waals surface area (Å²) in [6.45, 7) is 4.26. The Bertz CT molecular complexity index is 727. The summed E-state index contributed by atoms with van der Waals surface area (Å²) in [6.07, 6.45) is 0. The molecule has 0 radical (unpaired) electrons. The number of fused-ring (bicyclic) bond motifs is 1. The number of halogens is 1. The number of thiophene rings is 1. The Morgan fingerprint density at radius 1 is 0.947 bits per heavy atom. The Kier molecular flexibility index (Phi) is 3.34. The summed E-state index contributed by atoms with van der Waals surface area (Å²) >= 11 is 8.45. The van der Waals surface area contributed by atoms with Crippen LogP contribution < -0.4 is 0 Å². The molecular formula is C17H15ClS. The molecule has 2 aromatic carbocycles. The minimum Gasteiger partial charge on any atom is -0.143 e. The normalized spacial score (nSPS) is 12.8. The van der Waals surface area contributed by atoms with Crippen LogP contribution in [0.4, 0.5) is 0 Å². The third-order valence-corrected chi connectivity index (χ3v) is 5.19. The number of aryl methyl sites for hydroxylation is 2. The van der Waals surface area contributed by atoms with Crippen LogP contribution in [0, 0.1) is 13.8 Å². The summed E-state index contributed by atoms with van der Waals surface area (Å²) in [5.41, 5.74) is 2.46. The van der Waals surface area contributed by atoms with Crippen LogP contribution in [0.5, 0.6) is 0 Å². The van der Waals surface area contributed by atoms with Crippen molar-refractivity contribution < 1.29 is 0 Å². The molecule has 0 saturated carbocycles. The van der Waals surface area contributed by atoms with Gasteiger partial charge < -0.3 is 0 Å². The molecule has 0 fully saturated rings. The van der Waals surface area contributed by atoms with Crippen LogP contribution in [0.3, 0.4) is 0 Å². The van der Waals surface area contributed by atoms with Crippen molar-refractivity contribution in [2.24, 2.45) is 0 Å². The molecular weight excluding hydrogens is 272 g/mol. The topological polar surface area (TPSA) is 0 Å². The fraction of sp³-hybridized carbons (Fsp3) is 0.176. The lowest BCUT2D eigenvalue weighted by Crippen LogP contribution is -1.92. The Morgan fingerprint density at radius 3 is 2.37 bits per heavy atom. The van der Waals surface area contributed by atoms with Crippen LogP contribution in [0.15, 0.2) is 48.5 Å². The van der Waals surface area contributed by atoms with Crippen molar-refractivity contribution in [1.82, 2.24) is 0 Å². The van der Waals surface area contributed by atoms with E-state index >= 15 is 0 Å². The predicted octanol–water partition coefficient (Wildman–Crippen LogP) is 5.85. The summed E-state index contributed by atoms with van der Waals surface area (Å²) in [5.74, 6) is 0. The van der Waals surface area contributed by atoms with Crippen molar-refractivity contribution in [3.63, 3.8) is 0 Å². The van der Waals surface area contributed by atoms with Crippen molar-refractivity contribution in [2.45, 2.75) is 19.2 Å². The molecule has 3 rings (SSSR count). The smallest absolute Gasteiger partial charge is 0.0930 e. The van der Waals surface area contributed by atoms with Gasteiger partial charge in [-0.25, -0.2) is 0 Å². The average molecular weight is 287 g/mol. The van der Waals surface area contributed by atoms with Gasteiger partial charge in [-0.05, 0) is 47.9 Å². The standard InChI is InChI=1S/C17H15ClS/c1-11-9-12(2)19-17(11)16(18)15-8-7-13-5-3-4-6-14(13)10-15/h3-10,16H,1-2H3. The Morgan fingerprint density at radius 2 is 1.68 bits per heavy atom. The van der Waals surface area contributed by atoms with Crippen LogP contribution in [0.25, 0.3) is 10.8 Å². The monoisotopic (exact) mass is 286 g/mol. The molecule has 1 aromatic heterocycles. The summed E-state index contributed by atoms with van der Waals surface area (Å²) in [6, 6.07) is 17.1. The van der Waals surface area contributed by atoms with E-state index in [0.29, 0.717) is 0 Å². The van der Waals surface area contributed by atoms with Gasteiger partial charge in [0, 0.05) is 9.75 Å². The molecule has 1 unspecified atom stereocenters. The Hall–Kier alpha value is -1.31. The maximum atomic E-state index is 6.66. The zero-order valence-corrected chi connectivity index (χ0v) is 12.6. The fourth-order valence-corrected chi connectivity index (χ4v) is 3.91. The highest BCUT2D eigenvalue weighted by Crippen LogP contribution is 2.37. The van der Waals surface area contributed by atoms with Gasteiger partial charge in [0.05, 0.1) is 5.38 Å². The van der Waals surface area contributed by atoms with Gasteiger partial charge in [0.1, 0.15) is 0 Å². The number of alkyl halides is 1. The highest BCUT2D eigenvalue weighted by molar-refractivity contribution is 7.12. The van der Waals surface area contributed by atoms with Crippen LogP contribution in [0.2, 0.25) is 0 Å². The van der Waals surface area contributed by atoms with E-state index in [1.54, 1.807) is 11.3 Å². The summed E-state index contributed by atoms with van der Waals surface area (Å²) < 4.78 is 0. The quantitative estimate of drug-likeness (QED) is 0.519. The van der Waals surface area contributed by atoms with Crippen molar-refractivity contribution in [3.05, 3.63) is 69.4 Å². The van der Waals surface area contributed by atoms with Crippen LogP contribution in [-0.2, 0) is 0 Å². The third-order valence-electron chi connectivity index (χ3n) is 3.38. The van der Waals surface area contributed by atoms with Crippen molar-refractivity contribution >= 4 is 33.7 Å². The van der Waals surface area contributed by atoms with E-state index in [0.717, 1.165) is 0 Å². The molecule has 2 heteroatoms. The Labute approximate surface area is 122 Å². The van der Waals surface area contributed by atoms with E-state index in [1.807, 2.05) is 0 Å². The van der Waals surface area contributed by atoms with Crippen LogP contribution in [-0.4, -0.2) is 0 Å². The first kappa shape index (κ1) is 12.7. The second-order valence-electron chi connectivity index (χ2n) is 4.87. The van der Waals surface area contributed by atoms with Crippen molar-refractivity contribution in [1.29, 1.82) is 0 Å². The summed E-state index contributed by atoms with van der Waals surface area (Å²) in [5, 5.41) is 2.45. The second kappa shape index (κ2) is 4.99. The molecule has 19 heavy (non-hydrogen) atoms. The lowest BCUT2D eigenvalue weighted by molar-refractivity contribution is 1.16. The second-order valence-corrected chi connectivity index (χ2v) is 6.60. The van der Waals surface area contributed by atoms with E-state index < -0.39 is 0 Å². The molecule has 0 aliphatic rings. The molecule has 0 spiro atoms. The maximum Gasteiger partial charge on any atom is 0.0930 e. The van der Waals surface area contributed by atoms with Gasteiger partial charge in [0.25, 0.3) is 0 Å². The molecule has 0 saturated heterocycles. The molecule has 96 valence electrons. The van der Waals surface area contributed by atoms with Gasteiger partial charge in [-0.1, -0.05) is 36.4 Å². The fourth-order valence-electron chi connectivity index (χ4n) is 2.43. The van der Waals surface area contributed by atoms with Gasteiger partial charge in [-0.2, -0.15) is 0 Å². The molecule has 1 heterocycles. The minimum absolute atomic E-state index is 0.0525. The van der Waals surface area contributed by atoms with E-state index in [9.17, 15) is 0 Å². The number of hydrogen-bond donors (Lipinski definition) is 0. The van der Waals surface area contributed by atoms with Gasteiger partial charge in [-0.15, -0.1) is 22.9 Å². The van der Waals surface area contributed by atoms with E-state index in [2.05, 4.69) is 62.4 Å².